The summed E-state index contributed by atoms with van der Waals surface area (Å²) in [6.07, 6.45) is 1.07. The average Bonchev–Trinajstić information content (AvgIpc) is 3.37. The molecule has 1 N–H and O–H groups in total. The van der Waals surface area contributed by atoms with Gasteiger partial charge in [0.05, 0.1) is 5.56 Å². The monoisotopic (exact) mass is 411 g/mol. The lowest BCUT2D eigenvalue weighted by Gasteiger charge is -2.11. The van der Waals surface area contributed by atoms with Crippen molar-refractivity contribution in [1.82, 2.24) is 10.2 Å². The molecule has 3 aromatic rings. The van der Waals surface area contributed by atoms with E-state index in [-0.39, 0.29) is 17.7 Å². The third-order valence-corrected chi connectivity index (χ3v) is 5.99. The van der Waals surface area contributed by atoms with Crippen LogP contribution < -0.4 is 5.32 Å². The molecule has 0 aliphatic heterocycles. The molecule has 29 heavy (non-hydrogen) atoms. The van der Waals surface area contributed by atoms with Crippen molar-refractivity contribution in [3.8, 4) is 11.5 Å². The lowest BCUT2D eigenvalue weighted by Crippen LogP contribution is -2.16. The quantitative estimate of drug-likeness (QED) is 0.592. The van der Waals surface area contributed by atoms with Gasteiger partial charge in [-0.25, -0.2) is 4.79 Å². The van der Waals surface area contributed by atoms with Gasteiger partial charge in [-0.1, -0.05) is 18.2 Å². The van der Waals surface area contributed by atoms with Crippen LogP contribution in [0.5, 0.6) is 0 Å². The van der Waals surface area contributed by atoms with E-state index in [0.29, 0.717) is 16.5 Å². The summed E-state index contributed by atoms with van der Waals surface area (Å²) in [4.78, 5) is 26.0. The van der Waals surface area contributed by atoms with Crippen LogP contribution in [0.3, 0.4) is 0 Å². The van der Waals surface area contributed by atoms with Crippen LogP contribution in [-0.4, -0.2) is 22.1 Å². The van der Waals surface area contributed by atoms with Gasteiger partial charge in [-0.15, -0.1) is 21.5 Å². The molecule has 0 unspecified atom stereocenters. The predicted molar refractivity (Wildman–Crippen MR) is 109 cm³/mol. The normalized spacial score (nSPS) is 14.4. The molecule has 150 valence electrons. The van der Waals surface area contributed by atoms with Crippen molar-refractivity contribution in [2.45, 2.75) is 39.7 Å². The van der Waals surface area contributed by atoms with Gasteiger partial charge >= 0.3 is 5.97 Å². The van der Waals surface area contributed by atoms with Crippen LogP contribution in [0.1, 0.15) is 52.6 Å². The van der Waals surface area contributed by atoms with Crippen LogP contribution in [0.2, 0.25) is 0 Å². The molecule has 0 saturated heterocycles. The molecule has 7 nitrogen and oxygen atoms in total. The second-order valence-electron chi connectivity index (χ2n) is 7.11. The molecule has 4 rings (SSSR count). The summed E-state index contributed by atoms with van der Waals surface area (Å²) in [5.41, 5.74) is 1.98. The van der Waals surface area contributed by atoms with Gasteiger partial charge in [0, 0.05) is 16.4 Å². The molecule has 1 aromatic carbocycles. The molecule has 8 heteroatoms. The summed E-state index contributed by atoms with van der Waals surface area (Å²) in [5.74, 6) is 0.0618. The number of thiophene rings is 1. The highest BCUT2D eigenvalue weighted by molar-refractivity contribution is 7.16. The Kier molecular flexibility index (Phi) is 5.19. The molecule has 1 atom stereocenters. The number of carbonyl (C=O) groups excluding carboxylic acids is 2. The summed E-state index contributed by atoms with van der Waals surface area (Å²) >= 11 is 1.38. The smallest absolute Gasteiger partial charge is 0.342 e. The SMILES string of the molecule is Cc1sc(NC(=O)C2CC2)c(C(=O)O[C@H](C)c2nnc(-c3ccccc3)o2)c1C. The number of benzene rings is 1. The summed E-state index contributed by atoms with van der Waals surface area (Å²) in [7, 11) is 0. The molecule has 1 aliphatic rings. The number of aromatic nitrogens is 2. The minimum Gasteiger partial charge on any atom is -0.449 e. The van der Waals surface area contributed by atoms with Crippen LogP contribution in [-0.2, 0) is 9.53 Å². The highest BCUT2D eigenvalue weighted by atomic mass is 32.1. The van der Waals surface area contributed by atoms with Crippen molar-refractivity contribution in [1.29, 1.82) is 0 Å². The average molecular weight is 411 g/mol. The summed E-state index contributed by atoms with van der Waals surface area (Å²) in [5, 5.41) is 11.5. The first-order valence-corrected chi connectivity index (χ1v) is 10.3. The van der Waals surface area contributed by atoms with E-state index in [1.165, 1.54) is 11.3 Å². The Morgan fingerprint density at radius 1 is 1.21 bits per heavy atom. The maximum absolute atomic E-state index is 12.9. The number of nitrogens with zero attached hydrogens (tertiary/aromatic N) is 2. The number of rotatable bonds is 6. The Morgan fingerprint density at radius 2 is 1.93 bits per heavy atom. The van der Waals surface area contributed by atoms with E-state index in [0.717, 1.165) is 28.8 Å². The van der Waals surface area contributed by atoms with Crippen molar-refractivity contribution in [2.75, 3.05) is 5.32 Å². The highest BCUT2D eigenvalue weighted by Crippen LogP contribution is 2.37. The van der Waals surface area contributed by atoms with Gasteiger partial charge in [0.15, 0.2) is 6.10 Å². The van der Waals surface area contributed by atoms with Crippen LogP contribution in [0.15, 0.2) is 34.7 Å². The summed E-state index contributed by atoms with van der Waals surface area (Å²) < 4.78 is 11.3. The van der Waals surface area contributed by atoms with Gasteiger partial charge in [0.25, 0.3) is 5.89 Å². The first-order valence-electron chi connectivity index (χ1n) is 9.44. The molecule has 1 amide bonds. The molecule has 1 aliphatic carbocycles. The zero-order chi connectivity index (χ0) is 20.5. The van der Waals surface area contributed by atoms with Gasteiger partial charge in [0.1, 0.15) is 5.00 Å². The second-order valence-corrected chi connectivity index (χ2v) is 8.33. The van der Waals surface area contributed by atoms with E-state index in [1.807, 2.05) is 44.2 Å². The Morgan fingerprint density at radius 3 is 2.62 bits per heavy atom. The molecule has 1 fully saturated rings. The molecule has 2 aromatic heterocycles. The molecule has 1 saturated carbocycles. The summed E-state index contributed by atoms with van der Waals surface area (Å²) in [6, 6.07) is 9.38. The minimum atomic E-state index is -0.723. The Balaban J connectivity index is 1.50. The fourth-order valence-electron chi connectivity index (χ4n) is 2.89. The highest BCUT2D eigenvalue weighted by Gasteiger charge is 2.32. The van der Waals surface area contributed by atoms with E-state index >= 15 is 0 Å². The van der Waals surface area contributed by atoms with E-state index in [4.69, 9.17) is 9.15 Å². The standard InChI is InChI=1S/C21H21N3O4S/c1-11-13(3)29-20(22-17(25)14-9-10-14)16(11)21(26)27-12(2)18-23-24-19(28-18)15-7-5-4-6-8-15/h4-8,12,14H,9-10H2,1-3H3,(H,22,25)/t12-/m1/s1. The van der Waals surface area contributed by atoms with Gasteiger partial charge in [-0.05, 0) is 51.3 Å². The Bertz CT molecular complexity index is 1050. The summed E-state index contributed by atoms with van der Waals surface area (Å²) in [6.45, 7) is 5.44. The zero-order valence-electron chi connectivity index (χ0n) is 16.4. The molecule has 0 bridgehead atoms. The lowest BCUT2D eigenvalue weighted by molar-refractivity contribution is -0.117. The van der Waals surface area contributed by atoms with Crippen LogP contribution in [0.25, 0.3) is 11.5 Å². The third kappa shape index (κ3) is 4.07. The molecule has 0 radical (unpaired) electrons. The van der Waals surface area contributed by atoms with Crippen molar-refractivity contribution < 1.29 is 18.7 Å². The van der Waals surface area contributed by atoms with Crippen LogP contribution >= 0.6 is 11.3 Å². The largest absolute Gasteiger partial charge is 0.449 e. The number of amides is 1. The Labute approximate surface area is 172 Å². The van der Waals surface area contributed by atoms with Gasteiger partial charge < -0.3 is 14.5 Å². The number of aryl methyl sites for hydroxylation is 1. The third-order valence-electron chi connectivity index (χ3n) is 4.87. The zero-order valence-corrected chi connectivity index (χ0v) is 17.2. The fraction of sp³-hybridized carbons (Fsp3) is 0.333. The van der Waals surface area contributed by atoms with Gasteiger partial charge in [0.2, 0.25) is 11.8 Å². The molecule has 0 spiro atoms. The van der Waals surface area contributed by atoms with Crippen LogP contribution in [0, 0.1) is 19.8 Å². The van der Waals surface area contributed by atoms with E-state index in [9.17, 15) is 9.59 Å². The van der Waals surface area contributed by atoms with E-state index in [1.54, 1.807) is 6.92 Å². The maximum atomic E-state index is 12.9. The lowest BCUT2D eigenvalue weighted by atomic mass is 10.1. The second kappa shape index (κ2) is 7.79. The number of anilines is 1. The van der Waals surface area contributed by atoms with Crippen molar-refractivity contribution in [3.05, 3.63) is 52.2 Å². The van der Waals surface area contributed by atoms with Gasteiger partial charge in [-0.2, -0.15) is 0 Å². The van der Waals surface area contributed by atoms with E-state index < -0.39 is 12.1 Å². The maximum Gasteiger partial charge on any atom is 0.342 e. The van der Waals surface area contributed by atoms with Crippen LogP contribution in [0.4, 0.5) is 5.00 Å². The fourth-order valence-corrected chi connectivity index (χ4v) is 3.94. The van der Waals surface area contributed by atoms with E-state index in [2.05, 4.69) is 15.5 Å². The van der Waals surface area contributed by atoms with Crippen molar-refractivity contribution >= 4 is 28.2 Å². The molecular formula is C21H21N3O4S. The first-order chi connectivity index (χ1) is 13.9. The topological polar surface area (TPSA) is 94.3 Å². The molecular weight excluding hydrogens is 390 g/mol. The number of ether oxygens (including phenoxy) is 1. The number of carbonyl (C=O) groups is 2. The van der Waals surface area contributed by atoms with Crippen molar-refractivity contribution in [3.63, 3.8) is 0 Å². The molecule has 2 heterocycles. The Hall–Kier alpha value is -3.00. The minimum absolute atomic E-state index is 0.0437. The number of nitrogens with one attached hydrogen (secondary N) is 1. The number of hydrogen-bond acceptors (Lipinski definition) is 7. The number of esters is 1. The van der Waals surface area contributed by atoms with Gasteiger partial charge in [-0.3, -0.25) is 4.79 Å². The number of hydrogen-bond donors (Lipinski definition) is 1. The van der Waals surface area contributed by atoms with Crippen molar-refractivity contribution in [2.24, 2.45) is 5.92 Å². The first kappa shape index (κ1) is 19.3. The predicted octanol–water partition coefficient (Wildman–Crippen LogP) is 4.68.